The van der Waals surface area contributed by atoms with E-state index in [1.54, 1.807) is 0 Å². The molecule has 0 aromatic heterocycles. The first-order valence-electron chi connectivity index (χ1n) is 6.36. The molecule has 0 unspecified atom stereocenters. The van der Waals surface area contributed by atoms with Crippen LogP contribution >= 0.6 is 0 Å². The van der Waals surface area contributed by atoms with Crippen LogP contribution in [0.25, 0.3) is 0 Å². The van der Waals surface area contributed by atoms with Crippen LogP contribution in [0.5, 0.6) is 0 Å². The quantitative estimate of drug-likeness (QED) is 0.516. The molecule has 0 fully saturated rings. The van der Waals surface area contributed by atoms with Crippen LogP contribution in [-0.2, 0) is 0 Å². The number of aliphatic imine (C=N–C) groups is 1. The summed E-state index contributed by atoms with van der Waals surface area (Å²) in [7, 11) is 2.36. The number of nitrogens with zero attached hydrogens (tertiary/aromatic N) is 2. The number of hydrogen-bond donors (Lipinski definition) is 0. The van der Waals surface area contributed by atoms with Crippen LogP contribution in [0.3, 0.4) is 0 Å². The van der Waals surface area contributed by atoms with Crippen LogP contribution in [0.2, 0.25) is 0 Å². The van der Waals surface area contributed by atoms with Gasteiger partial charge in [0.1, 0.15) is 0 Å². The van der Waals surface area contributed by atoms with Gasteiger partial charge in [0.05, 0.1) is 0 Å². The minimum atomic E-state index is 0.227. The first kappa shape index (κ1) is 15.6. The van der Waals surface area contributed by atoms with E-state index in [1.807, 2.05) is 0 Å². The predicted molar refractivity (Wildman–Crippen MR) is 82.7 cm³/mol. The maximum atomic E-state index is 4.50. The van der Waals surface area contributed by atoms with Crippen molar-refractivity contribution in [3.05, 3.63) is 11.8 Å². The van der Waals surface area contributed by atoms with Crippen molar-refractivity contribution in [1.29, 1.82) is 0 Å². The second-order valence-electron chi connectivity index (χ2n) is 5.02. The normalized spacial score (nSPS) is 14.6. The number of rotatable bonds is 5. The second-order valence-corrected chi connectivity index (χ2v) is 6.28. The Labute approximate surface area is 107 Å². The van der Waals surface area contributed by atoms with Crippen LogP contribution in [0.1, 0.15) is 41.0 Å². The van der Waals surface area contributed by atoms with E-state index in [1.165, 1.54) is 27.8 Å². The summed E-state index contributed by atoms with van der Waals surface area (Å²) in [6.45, 7) is 11.2. The highest BCUT2D eigenvalue weighted by Gasteiger charge is 2.20. The van der Waals surface area contributed by atoms with Crippen molar-refractivity contribution in [2.45, 2.75) is 46.6 Å². The van der Waals surface area contributed by atoms with Gasteiger partial charge in [-0.15, -0.1) is 0 Å². The summed E-state index contributed by atoms with van der Waals surface area (Å²) in [4.78, 5) is 7.02. The fourth-order valence-corrected chi connectivity index (χ4v) is 3.87. The first-order chi connectivity index (χ1) is 7.36. The van der Waals surface area contributed by atoms with Gasteiger partial charge in [-0.25, -0.2) is 0 Å². The summed E-state index contributed by atoms with van der Waals surface area (Å²) in [5.74, 6) is 0. The highest BCUT2D eigenvalue weighted by molar-refractivity contribution is 6.10. The largest absolute Gasteiger partial charge is 0.374 e. The molecule has 0 amide bonds. The molecule has 0 aliphatic heterocycles. The molecular weight excluding hydrogens is 228 g/mol. The van der Waals surface area contributed by atoms with Gasteiger partial charge < -0.3 is 4.90 Å². The number of hydrogen-bond acceptors (Lipinski definition) is 2. The maximum absolute atomic E-state index is 4.50. The van der Waals surface area contributed by atoms with E-state index in [4.69, 9.17) is 0 Å². The Hall–Kier alpha value is -0.356. The van der Waals surface area contributed by atoms with Crippen molar-refractivity contribution in [1.82, 2.24) is 4.90 Å². The molecule has 0 saturated heterocycles. The van der Waals surface area contributed by atoms with Crippen LogP contribution in [0.4, 0.5) is 0 Å². The van der Waals surface area contributed by atoms with Crippen molar-refractivity contribution in [3.8, 4) is 0 Å². The lowest BCUT2D eigenvalue weighted by molar-refractivity contribution is 0.210. The smallest absolute Gasteiger partial charge is 0.0330 e. The van der Waals surface area contributed by atoms with Crippen molar-refractivity contribution in [2.24, 2.45) is 4.99 Å². The van der Waals surface area contributed by atoms with Gasteiger partial charge in [-0.3, -0.25) is 4.99 Å². The summed E-state index contributed by atoms with van der Waals surface area (Å²) >= 11 is 0. The Bertz CT molecular complexity index is 265. The standard InChI is InChI=1S/C12H28N2Si2/c1-6-11(7-10(2)13-8-15)14(9-16)12(3,4)5/h7H,6,8-9H2,1-5,15-16H3/b11-7-,13-10?. The van der Waals surface area contributed by atoms with Gasteiger partial charge in [-0.2, -0.15) is 0 Å². The number of allylic oxidation sites excluding steroid dienone is 2. The van der Waals surface area contributed by atoms with E-state index < -0.39 is 0 Å². The summed E-state index contributed by atoms with van der Waals surface area (Å²) in [5, 5.41) is 0. The van der Waals surface area contributed by atoms with E-state index in [0.717, 1.165) is 22.8 Å². The van der Waals surface area contributed by atoms with Gasteiger partial charge in [-0.05, 0) is 40.2 Å². The average Bonchev–Trinajstić information content (AvgIpc) is 2.15. The third kappa shape index (κ3) is 5.12. The van der Waals surface area contributed by atoms with Crippen molar-refractivity contribution < 1.29 is 0 Å². The molecule has 0 aromatic rings. The Balaban J connectivity index is 5.03. The van der Waals surface area contributed by atoms with Crippen LogP contribution in [-0.4, -0.2) is 49.0 Å². The molecule has 0 heterocycles. The van der Waals surface area contributed by atoms with Gasteiger partial charge in [0, 0.05) is 49.8 Å². The van der Waals surface area contributed by atoms with Gasteiger partial charge in [0.15, 0.2) is 0 Å². The molecule has 0 radical (unpaired) electrons. The fraction of sp³-hybridized carbons (Fsp3) is 0.750. The van der Waals surface area contributed by atoms with E-state index in [-0.39, 0.29) is 5.54 Å². The van der Waals surface area contributed by atoms with Crippen molar-refractivity contribution in [3.63, 3.8) is 0 Å². The summed E-state index contributed by atoms with van der Waals surface area (Å²) in [5.41, 5.74) is 2.83. The molecular formula is C12H28N2Si2. The Morgan fingerprint density at radius 3 is 2.19 bits per heavy atom. The van der Waals surface area contributed by atoms with Crippen molar-refractivity contribution in [2.75, 3.05) is 12.3 Å². The molecule has 4 heteroatoms. The second kappa shape index (κ2) is 7.06. The Morgan fingerprint density at radius 2 is 1.88 bits per heavy atom. The molecule has 0 saturated carbocycles. The predicted octanol–water partition coefficient (Wildman–Crippen LogP) is 0.488. The van der Waals surface area contributed by atoms with E-state index in [9.17, 15) is 0 Å². The minimum Gasteiger partial charge on any atom is -0.374 e. The lowest BCUT2D eigenvalue weighted by atomic mass is 10.0. The zero-order chi connectivity index (χ0) is 12.8. The zero-order valence-electron chi connectivity index (χ0n) is 12.1. The molecule has 2 nitrogen and oxygen atoms in total. The van der Waals surface area contributed by atoms with Gasteiger partial charge in [0.2, 0.25) is 0 Å². The van der Waals surface area contributed by atoms with Crippen LogP contribution in [0.15, 0.2) is 16.8 Å². The Morgan fingerprint density at radius 1 is 1.31 bits per heavy atom. The Kier molecular flexibility index (Phi) is 6.91. The monoisotopic (exact) mass is 256 g/mol. The summed E-state index contributed by atoms with van der Waals surface area (Å²) < 4.78 is 0. The SMILES string of the molecule is CC/C(=C/C(C)=NC[SiH3])N(C[SiH3])C(C)(C)C. The summed E-state index contributed by atoms with van der Waals surface area (Å²) in [6.07, 6.45) is 5.56. The lowest BCUT2D eigenvalue weighted by Gasteiger charge is -2.38. The molecule has 16 heavy (non-hydrogen) atoms. The lowest BCUT2D eigenvalue weighted by Crippen LogP contribution is -2.41. The van der Waals surface area contributed by atoms with Gasteiger partial charge in [0.25, 0.3) is 0 Å². The molecule has 0 rings (SSSR count). The third-order valence-electron chi connectivity index (χ3n) is 2.62. The van der Waals surface area contributed by atoms with Gasteiger partial charge in [-0.1, -0.05) is 6.92 Å². The minimum absolute atomic E-state index is 0.227. The molecule has 0 spiro atoms. The van der Waals surface area contributed by atoms with E-state index in [0.29, 0.717) is 0 Å². The summed E-state index contributed by atoms with van der Waals surface area (Å²) in [6, 6.07) is 0. The van der Waals surface area contributed by atoms with E-state index in [2.05, 4.69) is 50.6 Å². The molecule has 0 aliphatic carbocycles. The van der Waals surface area contributed by atoms with Crippen LogP contribution in [0, 0.1) is 0 Å². The molecule has 0 aromatic carbocycles. The molecule has 0 N–H and O–H groups in total. The first-order valence-corrected chi connectivity index (χ1v) is 9.18. The van der Waals surface area contributed by atoms with Crippen LogP contribution < -0.4 is 0 Å². The average molecular weight is 257 g/mol. The highest BCUT2D eigenvalue weighted by Crippen LogP contribution is 2.20. The molecule has 0 bridgehead atoms. The maximum Gasteiger partial charge on any atom is 0.0330 e. The third-order valence-corrected chi connectivity index (χ3v) is 3.57. The van der Waals surface area contributed by atoms with Gasteiger partial charge >= 0.3 is 0 Å². The highest BCUT2D eigenvalue weighted by atomic mass is 28.1. The zero-order valence-corrected chi connectivity index (χ0v) is 16.1. The molecule has 0 aliphatic rings. The fourth-order valence-electron chi connectivity index (χ4n) is 2.02. The van der Waals surface area contributed by atoms with E-state index >= 15 is 0 Å². The topological polar surface area (TPSA) is 15.6 Å². The van der Waals surface area contributed by atoms with Crippen molar-refractivity contribution >= 4 is 26.2 Å². The molecule has 94 valence electrons. The molecule has 0 atom stereocenters.